The number of sulfonamides is 1. The number of methoxy groups -OCH3 is 2. The lowest BCUT2D eigenvalue weighted by atomic mass is 10.2. The van der Waals surface area contributed by atoms with Crippen LogP contribution in [0.25, 0.3) is 0 Å². The molecule has 0 heterocycles. The molecule has 0 aromatic heterocycles. The van der Waals surface area contributed by atoms with Gasteiger partial charge in [-0.1, -0.05) is 13.0 Å². The van der Waals surface area contributed by atoms with Gasteiger partial charge in [0.15, 0.2) is 0 Å². The second-order valence-electron chi connectivity index (χ2n) is 4.51. The summed E-state index contributed by atoms with van der Waals surface area (Å²) in [4.78, 5) is 0.183. The molecular weight excluding hydrogens is 292 g/mol. The van der Waals surface area contributed by atoms with Crippen molar-refractivity contribution in [3.8, 4) is 5.75 Å². The average molecular weight is 316 g/mol. The van der Waals surface area contributed by atoms with Gasteiger partial charge >= 0.3 is 0 Å². The van der Waals surface area contributed by atoms with Crippen LogP contribution in [0.5, 0.6) is 5.75 Å². The molecule has 0 aliphatic carbocycles. The summed E-state index contributed by atoms with van der Waals surface area (Å²) in [6.45, 7) is 3.50. The molecule has 7 heteroatoms. The fraction of sp³-hybridized carbons (Fsp3) is 0.571. The van der Waals surface area contributed by atoms with E-state index in [9.17, 15) is 8.42 Å². The summed E-state index contributed by atoms with van der Waals surface area (Å²) >= 11 is 0. The molecule has 0 radical (unpaired) electrons. The van der Waals surface area contributed by atoms with Gasteiger partial charge in [0.25, 0.3) is 0 Å². The first-order valence-corrected chi connectivity index (χ1v) is 8.25. The highest BCUT2D eigenvalue weighted by atomic mass is 32.2. The minimum absolute atomic E-state index is 0.183. The van der Waals surface area contributed by atoms with Gasteiger partial charge in [-0.2, -0.15) is 4.31 Å². The molecule has 0 bridgehead atoms. The zero-order valence-corrected chi connectivity index (χ0v) is 13.9. The fourth-order valence-electron chi connectivity index (χ4n) is 2.02. The predicted molar refractivity (Wildman–Crippen MR) is 82.1 cm³/mol. The maximum Gasteiger partial charge on any atom is 0.246 e. The smallest absolute Gasteiger partial charge is 0.246 e. The van der Waals surface area contributed by atoms with Crippen LogP contribution >= 0.6 is 0 Å². The molecule has 0 saturated heterocycles. The highest BCUT2D eigenvalue weighted by Crippen LogP contribution is 2.27. The molecule has 1 rings (SSSR count). The third-order valence-electron chi connectivity index (χ3n) is 3.12. The van der Waals surface area contributed by atoms with Gasteiger partial charge in [0, 0.05) is 26.7 Å². The van der Waals surface area contributed by atoms with Crippen molar-refractivity contribution in [2.45, 2.75) is 18.4 Å². The van der Waals surface area contributed by atoms with Gasteiger partial charge in [-0.3, -0.25) is 0 Å². The van der Waals surface area contributed by atoms with Crippen LogP contribution in [0.15, 0.2) is 23.1 Å². The molecule has 0 spiro atoms. The quantitative estimate of drug-likeness (QED) is 0.738. The molecule has 6 nitrogen and oxygen atoms in total. The van der Waals surface area contributed by atoms with Crippen LogP contribution in [-0.4, -0.2) is 53.7 Å². The molecule has 0 atom stereocenters. The largest absolute Gasteiger partial charge is 0.495 e. The number of rotatable bonds is 9. The third-order valence-corrected chi connectivity index (χ3v) is 5.14. The van der Waals surface area contributed by atoms with E-state index in [-0.39, 0.29) is 4.90 Å². The normalized spacial score (nSPS) is 11.9. The number of nitrogens with one attached hydrogen (secondary N) is 1. The summed E-state index contributed by atoms with van der Waals surface area (Å²) in [5, 5.41) is 3.02. The summed E-state index contributed by atoms with van der Waals surface area (Å²) in [6, 6.07) is 5.12. The van der Waals surface area contributed by atoms with Crippen LogP contribution in [-0.2, 0) is 21.3 Å². The maximum atomic E-state index is 12.7. The Morgan fingerprint density at radius 3 is 2.52 bits per heavy atom. The zero-order valence-electron chi connectivity index (χ0n) is 13.0. The first kappa shape index (κ1) is 17.9. The Morgan fingerprint density at radius 1 is 1.29 bits per heavy atom. The van der Waals surface area contributed by atoms with Crippen molar-refractivity contribution in [3.63, 3.8) is 0 Å². The minimum atomic E-state index is -3.59. The summed E-state index contributed by atoms with van der Waals surface area (Å²) in [6.07, 6.45) is 0. The number of hydrogen-bond acceptors (Lipinski definition) is 5. The Kier molecular flexibility index (Phi) is 7.10. The molecule has 0 saturated carbocycles. The first-order valence-electron chi connectivity index (χ1n) is 6.81. The van der Waals surface area contributed by atoms with E-state index in [4.69, 9.17) is 9.47 Å². The summed E-state index contributed by atoms with van der Waals surface area (Å²) in [5.41, 5.74) is 0.966. The average Bonchev–Trinajstić information content (AvgIpc) is 2.47. The van der Waals surface area contributed by atoms with Gasteiger partial charge in [-0.05, 0) is 24.7 Å². The van der Waals surface area contributed by atoms with Crippen LogP contribution in [0.1, 0.15) is 12.5 Å². The van der Waals surface area contributed by atoms with Crippen molar-refractivity contribution < 1.29 is 17.9 Å². The molecule has 0 amide bonds. The van der Waals surface area contributed by atoms with Crippen molar-refractivity contribution in [3.05, 3.63) is 23.8 Å². The highest BCUT2D eigenvalue weighted by molar-refractivity contribution is 7.89. The van der Waals surface area contributed by atoms with Gasteiger partial charge in [0.1, 0.15) is 10.6 Å². The standard InChI is InChI=1S/C14H24N2O4S/c1-5-16(8-9-19-3)21(17,18)14-7-6-12(11-15-2)10-13(14)20-4/h6-7,10,15H,5,8-9,11H2,1-4H3. The van der Waals surface area contributed by atoms with Gasteiger partial charge in [-0.15, -0.1) is 0 Å². The number of benzene rings is 1. The van der Waals surface area contributed by atoms with Gasteiger partial charge in [0.05, 0.1) is 13.7 Å². The molecule has 1 aromatic rings. The molecule has 120 valence electrons. The molecule has 0 unspecified atom stereocenters. The molecule has 0 fully saturated rings. The Balaban J connectivity index is 3.17. The molecule has 21 heavy (non-hydrogen) atoms. The Hall–Kier alpha value is -1.15. The topological polar surface area (TPSA) is 67.9 Å². The third kappa shape index (κ3) is 4.41. The molecular formula is C14H24N2O4S. The minimum Gasteiger partial charge on any atom is -0.495 e. The van der Waals surface area contributed by atoms with Crippen molar-refractivity contribution in [2.75, 3.05) is 41.0 Å². The number of hydrogen-bond donors (Lipinski definition) is 1. The maximum absolute atomic E-state index is 12.7. The molecule has 1 N–H and O–H groups in total. The molecule has 0 aliphatic heterocycles. The SMILES string of the molecule is CCN(CCOC)S(=O)(=O)c1ccc(CNC)cc1OC. The Bertz CT molecular complexity index is 546. The van der Waals surface area contributed by atoms with Gasteiger partial charge in [-0.25, -0.2) is 8.42 Å². The molecule has 1 aromatic carbocycles. The van der Waals surface area contributed by atoms with Crippen LogP contribution in [0.3, 0.4) is 0 Å². The van der Waals surface area contributed by atoms with E-state index in [1.54, 1.807) is 32.2 Å². The van der Waals surface area contributed by atoms with Crippen molar-refractivity contribution in [1.82, 2.24) is 9.62 Å². The van der Waals surface area contributed by atoms with E-state index < -0.39 is 10.0 Å². The summed E-state index contributed by atoms with van der Waals surface area (Å²) in [7, 11) is 1.27. The Morgan fingerprint density at radius 2 is 2.00 bits per heavy atom. The summed E-state index contributed by atoms with van der Waals surface area (Å²) in [5.74, 6) is 0.360. The van der Waals surface area contributed by atoms with Crippen molar-refractivity contribution in [1.29, 1.82) is 0 Å². The van der Waals surface area contributed by atoms with E-state index in [1.165, 1.54) is 11.4 Å². The lowest BCUT2D eigenvalue weighted by Crippen LogP contribution is -2.34. The van der Waals surface area contributed by atoms with Crippen molar-refractivity contribution >= 4 is 10.0 Å². The molecule has 0 aliphatic rings. The number of ether oxygens (including phenoxy) is 2. The van der Waals surface area contributed by atoms with Crippen LogP contribution < -0.4 is 10.1 Å². The lowest BCUT2D eigenvalue weighted by Gasteiger charge is -2.21. The van der Waals surface area contributed by atoms with E-state index in [2.05, 4.69) is 5.32 Å². The van der Waals surface area contributed by atoms with E-state index in [0.717, 1.165) is 5.56 Å². The van der Waals surface area contributed by atoms with Gasteiger partial charge < -0.3 is 14.8 Å². The lowest BCUT2D eigenvalue weighted by molar-refractivity contribution is 0.180. The van der Waals surface area contributed by atoms with Crippen molar-refractivity contribution in [2.24, 2.45) is 0 Å². The second-order valence-corrected chi connectivity index (χ2v) is 6.41. The zero-order chi connectivity index (χ0) is 15.9. The Labute approximate surface area is 127 Å². The number of nitrogens with zero attached hydrogens (tertiary/aromatic N) is 1. The first-order chi connectivity index (χ1) is 10.0. The van der Waals surface area contributed by atoms with Gasteiger partial charge in [0.2, 0.25) is 10.0 Å². The van der Waals surface area contributed by atoms with Crippen LogP contribution in [0.2, 0.25) is 0 Å². The highest BCUT2D eigenvalue weighted by Gasteiger charge is 2.26. The summed E-state index contributed by atoms with van der Waals surface area (Å²) < 4.78 is 37.0. The van der Waals surface area contributed by atoms with Crippen LogP contribution in [0, 0.1) is 0 Å². The fourth-order valence-corrected chi connectivity index (χ4v) is 3.59. The number of likely N-dealkylation sites (N-methyl/N-ethyl adjacent to an activating group) is 1. The monoisotopic (exact) mass is 316 g/mol. The van der Waals surface area contributed by atoms with E-state index in [1.807, 2.05) is 7.05 Å². The second kappa shape index (κ2) is 8.33. The van der Waals surface area contributed by atoms with Crippen LogP contribution in [0.4, 0.5) is 0 Å². The van der Waals surface area contributed by atoms with E-state index in [0.29, 0.717) is 32.0 Å². The van der Waals surface area contributed by atoms with E-state index >= 15 is 0 Å². The predicted octanol–water partition coefficient (Wildman–Crippen LogP) is 1.07.